The number of carbonyl (C=O) groups is 3. The number of methoxy groups -OCH3 is 1. The number of hydrogen-bond acceptors (Lipinski definition) is 5. The highest BCUT2D eigenvalue weighted by Crippen LogP contribution is 2.32. The molecule has 2 aliphatic rings. The van der Waals surface area contributed by atoms with E-state index in [1.165, 1.54) is 19.2 Å². The first-order valence-corrected chi connectivity index (χ1v) is 13.7. The van der Waals surface area contributed by atoms with Gasteiger partial charge in [0.05, 0.1) is 32.2 Å². The second-order valence-corrected chi connectivity index (χ2v) is 11.2. The minimum atomic E-state index is -0.870. The fourth-order valence-electron chi connectivity index (χ4n) is 5.10. The average Bonchev–Trinajstić information content (AvgIpc) is 3.69. The average molecular weight is 613 g/mol. The topological polar surface area (TPSA) is 111 Å². The monoisotopic (exact) mass is 612 g/mol. The zero-order chi connectivity index (χ0) is 28.6. The molecular formula is C28H30BrFN6O4. The maximum Gasteiger partial charge on any atom is 0.407 e. The predicted molar refractivity (Wildman–Crippen MR) is 148 cm³/mol. The van der Waals surface area contributed by atoms with E-state index in [-0.39, 0.29) is 43.4 Å². The van der Waals surface area contributed by atoms with Crippen molar-refractivity contribution in [1.29, 1.82) is 0 Å². The minimum absolute atomic E-state index is 0.00390. The molecule has 2 N–H and O–H groups in total. The van der Waals surface area contributed by atoms with Gasteiger partial charge in [0, 0.05) is 17.6 Å². The summed E-state index contributed by atoms with van der Waals surface area (Å²) in [6, 6.07) is 10.5. The van der Waals surface area contributed by atoms with Gasteiger partial charge in [0.25, 0.3) is 0 Å². The summed E-state index contributed by atoms with van der Waals surface area (Å²) in [6.45, 7) is 4.49. The number of carbonyl (C=O) groups excluding carboxylic acids is 3. The SMILES string of the molecule is COC(=O)NC(C(=O)N1CN(C(=O)N2Cc3ccc(F)cc3C2)C[C@H]1c1ncc(-c2ccc(Br)cc2)[nH]1)C(C)C. The summed E-state index contributed by atoms with van der Waals surface area (Å²) in [5, 5.41) is 2.63. The predicted octanol–water partition coefficient (Wildman–Crippen LogP) is 4.64. The van der Waals surface area contributed by atoms with Gasteiger partial charge in [0.2, 0.25) is 5.91 Å². The van der Waals surface area contributed by atoms with Crippen LogP contribution in [0.4, 0.5) is 14.0 Å². The first-order chi connectivity index (χ1) is 19.1. The molecule has 0 radical (unpaired) electrons. The van der Waals surface area contributed by atoms with Crippen molar-refractivity contribution < 1.29 is 23.5 Å². The molecule has 0 aliphatic carbocycles. The number of urea groups is 1. The number of nitrogens with zero attached hydrogens (tertiary/aromatic N) is 4. The summed E-state index contributed by atoms with van der Waals surface area (Å²) in [5.41, 5.74) is 3.35. The number of halogens is 2. The van der Waals surface area contributed by atoms with Gasteiger partial charge in [-0.1, -0.05) is 48.0 Å². The largest absolute Gasteiger partial charge is 0.453 e. The van der Waals surface area contributed by atoms with Gasteiger partial charge < -0.3 is 29.7 Å². The highest BCUT2D eigenvalue weighted by atomic mass is 79.9. The number of amides is 4. The number of alkyl carbamates (subject to hydrolysis) is 1. The van der Waals surface area contributed by atoms with Crippen molar-refractivity contribution >= 4 is 34.0 Å². The first-order valence-electron chi connectivity index (χ1n) is 12.9. The van der Waals surface area contributed by atoms with E-state index in [0.29, 0.717) is 12.4 Å². The summed E-state index contributed by atoms with van der Waals surface area (Å²) in [4.78, 5) is 52.2. The molecule has 40 heavy (non-hydrogen) atoms. The van der Waals surface area contributed by atoms with Gasteiger partial charge >= 0.3 is 12.1 Å². The van der Waals surface area contributed by atoms with E-state index in [1.54, 1.807) is 27.0 Å². The summed E-state index contributed by atoms with van der Waals surface area (Å²) in [7, 11) is 1.24. The molecule has 2 atom stereocenters. The molecule has 3 heterocycles. The third-order valence-corrected chi connectivity index (χ3v) is 7.79. The second kappa shape index (κ2) is 11.3. The van der Waals surface area contributed by atoms with Crippen LogP contribution in [-0.2, 0) is 22.6 Å². The standard InChI is InChI=1S/C28H30BrFN6O4/c1-16(2)24(33-27(38)40-3)26(37)36-15-35(28(39)34-12-18-6-9-21(30)10-19(18)13-34)14-23(36)25-31-11-22(32-25)17-4-7-20(29)8-5-17/h4-11,16,23-24H,12-15H2,1-3H3,(H,31,32)(H,33,38)/t23-,24?/m0/s1. The van der Waals surface area contributed by atoms with E-state index in [4.69, 9.17) is 4.74 Å². The molecule has 1 aromatic heterocycles. The molecule has 4 amide bonds. The van der Waals surface area contributed by atoms with Crippen molar-refractivity contribution in [2.75, 3.05) is 20.3 Å². The fraction of sp³-hybridized carbons (Fsp3) is 0.357. The van der Waals surface area contributed by atoms with E-state index in [9.17, 15) is 18.8 Å². The Hall–Kier alpha value is -3.93. The maximum absolute atomic E-state index is 13.9. The van der Waals surface area contributed by atoms with Crippen LogP contribution >= 0.6 is 15.9 Å². The van der Waals surface area contributed by atoms with Crippen molar-refractivity contribution in [2.45, 2.75) is 39.0 Å². The fourth-order valence-corrected chi connectivity index (χ4v) is 5.37. The molecular weight excluding hydrogens is 583 g/mol. The third kappa shape index (κ3) is 5.53. The van der Waals surface area contributed by atoms with E-state index >= 15 is 0 Å². The zero-order valence-corrected chi connectivity index (χ0v) is 23.9. The molecule has 210 valence electrons. The lowest BCUT2D eigenvalue weighted by molar-refractivity contribution is -0.135. The van der Waals surface area contributed by atoms with Crippen LogP contribution in [0.1, 0.15) is 36.8 Å². The minimum Gasteiger partial charge on any atom is -0.453 e. The summed E-state index contributed by atoms with van der Waals surface area (Å²) < 4.78 is 19.4. The van der Waals surface area contributed by atoms with Crippen LogP contribution in [0.3, 0.4) is 0 Å². The van der Waals surface area contributed by atoms with Crippen molar-refractivity contribution in [1.82, 2.24) is 30.0 Å². The number of ether oxygens (including phenoxy) is 1. The number of fused-ring (bicyclic) bond motifs is 1. The van der Waals surface area contributed by atoms with Gasteiger partial charge in [-0.2, -0.15) is 0 Å². The van der Waals surface area contributed by atoms with E-state index < -0.39 is 18.2 Å². The number of hydrogen-bond donors (Lipinski definition) is 2. The number of H-pyrrole nitrogens is 1. The van der Waals surface area contributed by atoms with E-state index in [0.717, 1.165) is 26.9 Å². The van der Waals surface area contributed by atoms with Gasteiger partial charge in [-0.15, -0.1) is 0 Å². The zero-order valence-electron chi connectivity index (χ0n) is 22.4. The molecule has 1 saturated heterocycles. The van der Waals surface area contributed by atoms with Crippen LogP contribution in [0, 0.1) is 11.7 Å². The number of rotatable bonds is 5. The molecule has 3 aromatic rings. The number of benzene rings is 2. The van der Waals surface area contributed by atoms with Crippen molar-refractivity contribution in [3.8, 4) is 11.3 Å². The summed E-state index contributed by atoms with van der Waals surface area (Å²) in [6.07, 6.45) is 0.984. The third-order valence-electron chi connectivity index (χ3n) is 7.27. The Morgan fingerprint density at radius 2 is 1.82 bits per heavy atom. The van der Waals surface area contributed by atoms with Gasteiger partial charge in [-0.05, 0) is 46.9 Å². The number of aromatic nitrogens is 2. The van der Waals surface area contributed by atoms with Crippen LogP contribution in [-0.4, -0.2) is 69.1 Å². The molecule has 0 saturated carbocycles. The molecule has 2 aromatic carbocycles. The van der Waals surface area contributed by atoms with E-state index in [1.807, 2.05) is 38.1 Å². The Labute approximate surface area is 239 Å². The quantitative estimate of drug-likeness (QED) is 0.436. The molecule has 5 rings (SSSR count). The maximum atomic E-state index is 13.9. The second-order valence-electron chi connectivity index (χ2n) is 10.3. The van der Waals surface area contributed by atoms with Crippen LogP contribution in [0.2, 0.25) is 0 Å². The lowest BCUT2D eigenvalue weighted by Crippen LogP contribution is -2.52. The number of imidazole rings is 1. The number of nitrogens with one attached hydrogen (secondary N) is 2. The molecule has 1 unspecified atom stereocenters. The highest BCUT2D eigenvalue weighted by Gasteiger charge is 2.43. The van der Waals surface area contributed by atoms with Crippen molar-refractivity contribution in [3.05, 3.63) is 75.9 Å². The normalized spacial score (nSPS) is 17.2. The lowest BCUT2D eigenvalue weighted by atomic mass is 10.0. The van der Waals surface area contributed by atoms with Crippen molar-refractivity contribution in [3.63, 3.8) is 0 Å². The van der Waals surface area contributed by atoms with Gasteiger partial charge in [-0.3, -0.25) is 4.79 Å². The molecule has 2 aliphatic heterocycles. The Kier molecular flexibility index (Phi) is 7.79. The van der Waals surface area contributed by atoms with Gasteiger partial charge in [0.1, 0.15) is 23.7 Å². The molecule has 10 nitrogen and oxygen atoms in total. The van der Waals surface area contributed by atoms with Crippen LogP contribution in [0.5, 0.6) is 0 Å². The smallest absolute Gasteiger partial charge is 0.407 e. The van der Waals surface area contributed by atoms with Crippen LogP contribution in [0.15, 0.2) is 53.1 Å². The Morgan fingerprint density at radius 1 is 1.10 bits per heavy atom. The molecule has 0 spiro atoms. The lowest BCUT2D eigenvalue weighted by Gasteiger charge is -2.29. The Morgan fingerprint density at radius 3 is 2.52 bits per heavy atom. The van der Waals surface area contributed by atoms with Crippen molar-refractivity contribution in [2.24, 2.45) is 5.92 Å². The van der Waals surface area contributed by atoms with Gasteiger partial charge in [-0.25, -0.2) is 19.0 Å². The molecule has 0 bridgehead atoms. The van der Waals surface area contributed by atoms with Gasteiger partial charge in [0.15, 0.2) is 0 Å². The number of aromatic amines is 1. The van der Waals surface area contributed by atoms with Crippen LogP contribution in [0.25, 0.3) is 11.3 Å². The van der Waals surface area contributed by atoms with Crippen LogP contribution < -0.4 is 5.32 Å². The molecule has 1 fully saturated rings. The Balaban J connectivity index is 1.42. The highest BCUT2D eigenvalue weighted by molar-refractivity contribution is 9.10. The summed E-state index contributed by atoms with van der Waals surface area (Å²) >= 11 is 3.44. The summed E-state index contributed by atoms with van der Waals surface area (Å²) in [5.74, 6) is -0.416. The first kappa shape index (κ1) is 27.6. The molecule has 12 heteroatoms. The Bertz CT molecular complexity index is 1430. The van der Waals surface area contributed by atoms with E-state index in [2.05, 4.69) is 31.2 Å².